The highest BCUT2D eigenvalue weighted by atomic mass is 35.5. The van der Waals surface area contributed by atoms with E-state index in [1.54, 1.807) is 24.5 Å². The van der Waals surface area contributed by atoms with Crippen LogP contribution in [0.3, 0.4) is 0 Å². The fourth-order valence-corrected chi connectivity index (χ4v) is 2.49. The molecule has 0 saturated carbocycles. The molecule has 0 spiro atoms. The summed E-state index contributed by atoms with van der Waals surface area (Å²) >= 11 is 6.29. The summed E-state index contributed by atoms with van der Waals surface area (Å²) in [5.74, 6) is 0.438. The first-order valence-corrected chi connectivity index (χ1v) is 6.44. The lowest BCUT2D eigenvalue weighted by Gasteiger charge is -2.10. The zero-order valence-electron chi connectivity index (χ0n) is 10.8. The molecule has 0 saturated heterocycles. The Kier molecular flexibility index (Phi) is 2.95. The van der Waals surface area contributed by atoms with E-state index >= 15 is 0 Å². The van der Waals surface area contributed by atoms with E-state index in [2.05, 4.69) is 4.98 Å². The lowest BCUT2D eigenvalue weighted by atomic mass is 10.1. The molecule has 0 aliphatic carbocycles. The predicted octanol–water partition coefficient (Wildman–Crippen LogP) is 2.84. The predicted molar refractivity (Wildman–Crippen MR) is 81.8 cm³/mol. The Balaban J connectivity index is 2.32. The number of aromatic nitrogens is 2. The normalized spacial score (nSPS) is 10.9. The monoisotopic (exact) mass is 285 g/mol. The molecule has 0 fully saturated rings. The molecule has 3 aromatic rings. The van der Waals surface area contributed by atoms with Crippen LogP contribution >= 0.6 is 11.6 Å². The van der Waals surface area contributed by atoms with Crippen LogP contribution in [-0.2, 0) is 7.05 Å². The van der Waals surface area contributed by atoms with E-state index in [4.69, 9.17) is 17.3 Å². The summed E-state index contributed by atoms with van der Waals surface area (Å²) in [4.78, 5) is 15.6. The lowest BCUT2D eigenvalue weighted by molar-refractivity contribution is 0.911. The molecule has 3 rings (SSSR count). The largest absolute Gasteiger partial charge is 0.384 e. The first-order chi connectivity index (χ1) is 9.54. The highest BCUT2D eigenvalue weighted by Crippen LogP contribution is 2.30. The van der Waals surface area contributed by atoms with Crippen molar-refractivity contribution in [2.75, 3.05) is 5.73 Å². The molecule has 0 bridgehead atoms. The fraction of sp³-hybridized carbons (Fsp3) is 0.0667. The van der Waals surface area contributed by atoms with Crippen LogP contribution in [0.2, 0.25) is 5.02 Å². The maximum Gasteiger partial charge on any atom is 0.182 e. The van der Waals surface area contributed by atoms with E-state index in [0.29, 0.717) is 10.8 Å². The van der Waals surface area contributed by atoms with Gasteiger partial charge in [-0.3, -0.25) is 4.79 Å². The molecule has 0 radical (unpaired) electrons. The minimum atomic E-state index is -0.0384. The van der Waals surface area contributed by atoms with Gasteiger partial charge in [0.05, 0.1) is 10.7 Å². The van der Waals surface area contributed by atoms with Crippen LogP contribution in [0.15, 0.2) is 47.5 Å². The number of nitrogen functional groups attached to an aromatic ring is 1. The maximum absolute atomic E-state index is 11.5. The minimum absolute atomic E-state index is 0.0384. The van der Waals surface area contributed by atoms with Gasteiger partial charge in [0, 0.05) is 42.5 Å². The van der Waals surface area contributed by atoms with E-state index < -0.39 is 0 Å². The van der Waals surface area contributed by atoms with Gasteiger partial charge in [0.2, 0.25) is 0 Å². The zero-order chi connectivity index (χ0) is 14.3. The summed E-state index contributed by atoms with van der Waals surface area (Å²) in [6.07, 6.45) is 3.39. The van der Waals surface area contributed by atoms with Crippen LogP contribution in [0.25, 0.3) is 22.0 Å². The lowest BCUT2D eigenvalue weighted by Crippen LogP contribution is -2.04. The third-order valence-electron chi connectivity index (χ3n) is 3.22. The number of nitrogens with two attached hydrogens (primary N) is 1. The van der Waals surface area contributed by atoms with Crippen molar-refractivity contribution in [2.24, 2.45) is 7.05 Å². The molecule has 2 heterocycles. The number of rotatable bonds is 1. The van der Waals surface area contributed by atoms with Crippen LogP contribution in [0.1, 0.15) is 0 Å². The van der Waals surface area contributed by atoms with Crippen molar-refractivity contribution in [1.29, 1.82) is 0 Å². The SMILES string of the molecule is Cn1ccc(=O)cc1-c1cc(Cl)c2cnc(N)cc2c1. The van der Waals surface area contributed by atoms with Crippen LogP contribution in [-0.4, -0.2) is 9.55 Å². The van der Waals surface area contributed by atoms with Gasteiger partial charge in [-0.25, -0.2) is 4.98 Å². The van der Waals surface area contributed by atoms with E-state index in [9.17, 15) is 4.79 Å². The molecule has 2 aromatic heterocycles. The number of anilines is 1. The molecular weight excluding hydrogens is 274 g/mol. The second-order valence-electron chi connectivity index (χ2n) is 4.65. The molecule has 0 amide bonds. The van der Waals surface area contributed by atoms with Crippen molar-refractivity contribution >= 4 is 28.2 Å². The maximum atomic E-state index is 11.5. The van der Waals surface area contributed by atoms with E-state index in [-0.39, 0.29) is 5.43 Å². The van der Waals surface area contributed by atoms with Gasteiger partial charge in [0.15, 0.2) is 5.43 Å². The summed E-state index contributed by atoms with van der Waals surface area (Å²) in [5, 5.41) is 2.32. The molecule has 0 aliphatic heterocycles. The Bertz CT molecular complexity index is 871. The molecule has 100 valence electrons. The minimum Gasteiger partial charge on any atom is -0.384 e. The first kappa shape index (κ1) is 12.7. The average molecular weight is 286 g/mol. The van der Waals surface area contributed by atoms with Gasteiger partial charge in [-0.1, -0.05) is 11.6 Å². The summed E-state index contributed by atoms with van der Waals surface area (Å²) < 4.78 is 1.88. The summed E-state index contributed by atoms with van der Waals surface area (Å²) in [5.41, 5.74) is 7.34. The number of fused-ring (bicyclic) bond motifs is 1. The van der Waals surface area contributed by atoms with Gasteiger partial charge >= 0.3 is 0 Å². The average Bonchev–Trinajstić information content (AvgIpc) is 2.41. The van der Waals surface area contributed by atoms with Crippen molar-refractivity contribution in [1.82, 2.24) is 9.55 Å². The van der Waals surface area contributed by atoms with Crippen molar-refractivity contribution in [2.45, 2.75) is 0 Å². The van der Waals surface area contributed by atoms with Crippen LogP contribution in [0, 0.1) is 0 Å². The number of benzene rings is 1. The Morgan fingerprint density at radius 2 is 2.05 bits per heavy atom. The molecule has 0 atom stereocenters. The second-order valence-corrected chi connectivity index (χ2v) is 5.05. The number of nitrogens with zero attached hydrogens (tertiary/aromatic N) is 2. The molecule has 4 nitrogen and oxygen atoms in total. The summed E-state index contributed by atoms with van der Waals surface area (Å²) in [7, 11) is 1.88. The van der Waals surface area contributed by atoms with Gasteiger partial charge in [-0.2, -0.15) is 0 Å². The van der Waals surface area contributed by atoms with E-state index in [1.807, 2.05) is 23.7 Å². The van der Waals surface area contributed by atoms with E-state index in [1.165, 1.54) is 6.07 Å². The molecule has 5 heteroatoms. The molecular formula is C15H12ClN3O. The number of pyridine rings is 2. The Hall–Kier alpha value is -2.33. The van der Waals surface area contributed by atoms with Gasteiger partial charge in [-0.15, -0.1) is 0 Å². The highest BCUT2D eigenvalue weighted by molar-refractivity contribution is 6.35. The van der Waals surface area contributed by atoms with Gasteiger partial charge in [0.25, 0.3) is 0 Å². The fourth-order valence-electron chi connectivity index (χ4n) is 2.22. The standard InChI is InChI=1S/C15H12ClN3O/c1-19-3-2-11(20)7-14(19)10-4-9-6-15(17)18-8-12(9)13(16)5-10/h2-8H,1H3,(H2,17,18). The van der Waals surface area contributed by atoms with Gasteiger partial charge in [0.1, 0.15) is 5.82 Å². The third kappa shape index (κ3) is 2.14. The van der Waals surface area contributed by atoms with Crippen molar-refractivity contribution in [3.63, 3.8) is 0 Å². The molecule has 0 aliphatic rings. The quantitative estimate of drug-likeness (QED) is 0.748. The highest BCUT2D eigenvalue weighted by Gasteiger charge is 2.07. The molecule has 0 unspecified atom stereocenters. The van der Waals surface area contributed by atoms with Crippen LogP contribution in [0.5, 0.6) is 0 Å². The molecule has 2 N–H and O–H groups in total. The van der Waals surface area contributed by atoms with Crippen LogP contribution in [0.4, 0.5) is 5.82 Å². The zero-order valence-corrected chi connectivity index (χ0v) is 11.6. The Morgan fingerprint density at radius 3 is 2.85 bits per heavy atom. The third-order valence-corrected chi connectivity index (χ3v) is 3.54. The van der Waals surface area contributed by atoms with Crippen molar-refractivity contribution < 1.29 is 0 Å². The summed E-state index contributed by atoms with van der Waals surface area (Å²) in [6.45, 7) is 0. The number of aryl methyl sites for hydroxylation is 1. The smallest absolute Gasteiger partial charge is 0.182 e. The summed E-state index contributed by atoms with van der Waals surface area (Å²) in [6, 6.07) is 8.66. The topological polar surface area (TPSA) is 60.9 Å². The van der Waals surface area contributed by atoms with Crippen molar-refractivity contribution in [3.8, 4) is 11.3 Å². The van der Waals surface area contributed by atoms with Crippen LogP contribution < -0.4 is 11.2 Å². The molecule has 20 heavy (non-hydrogen) atoms. The number of halogens is 1. The number of hydrogen-bond acceptors (Lipinski definition) is 3. The Morgan fingerprint density at radius 1 is 1.25 bits per heavy atom. The van der Waals surface area contributed by atoms with Gasteiger partial charge in [-0.05, 0) is 23.6 Å². The number of hydrogen-bond donors (Lipinski definition) is 1. The van der Waals surface area contributed by atoms with E-state index in [0.717, 1.165) is 22.0 Å². The second kappa shape index (κ2) is 4.65. The molecule has 1 aromatic carbocycles. The Labute approximate surface area is 120 Å². The first-order valence-electron chi connectivity index (χ1n) is 6.06. The van der Waals surface area contributed by atoms with Crippen molar-refractivity contribution in [3.05, 3.63) is 58.0 Å². The van der Waals surface area contributed by atoms with Gasteiger partial charge < -0.3 is 10.3 Å².